The highest BCUT2D eigenvalue weighted by atomic mass is 16.5. The average molecular weight is 579 g/mol. The maximum atomic E-state index is 6.98. The van der Waals surface area contributed by atoms with E-state index in [9.17, 15) is 0 Å². The summed E-state index contributed by atoms with van der Waals surface area (Å²) in [5.41, 5.74) is -0.372. The molecule has 2 aliphatic rings. The second kappa shape index (κ2) is 16.3. The molecule has 0 saturated heterocycles. The van der Waals surface area contributed by atoms with E-state index in [-0.39, 0.29) is 11.2 Å². The first-order chi connectivity index (χ1) is 18.9. The molecule has 2 saturated carbocycles. The summed E-state index contributed by atoms with van der Waals surface area (Å²) in [5, 5.41) is 0. The van der Waals surface area contributed by atoms with Crippen LogP contribution in [0, 0.1) is 59.2 Å². The third-order valence-corrected chi connectivity index (χ3v) is 11.5. The minimum atomic E-state index is -0.186. The lowest BCUT2D eigenvalue weighted by molar-refractivity contribution is -0.174. The minimum absolute atomic E-state index is 0.186. The zero-order chi connectivity index (χ0) is 31.1. The van der Waals surface area contributed by atoms with Gasteiger partial charge in [-0.25, -0.2) is 0 Å². The van der Waals surface area contributed by atoms with Crippen LogP contribution >= 0.6 is 0 Å². The van der Waals surface area contributed by atoms with E-state index in [0.717, 1.165) is 37.9 Å². The van der Waals surface area contributed by atoms with Crippen molar-refractivity contribution >= 4 is 0 Å². The molecule has 0 spiro atoms. The van der Waals surface area contributed by atoms with E-state index in [1.807, 2.05) is 0 Å². The fraction of sp³-hybridized carbons (Fsp3) is 1.00. The second-order valence-electron chi connectivity index (χ2n) is 17.2. The van der Waals surface area contributed by atoms with Crippen molar-refractivity contribution < 1.29 is 14.2 Å². The van der Waals surface area contributed by atoms with Crippen molar-refractivity contribution in [1.82, 2.24) is 0 Å². The summed E-state index contributed by atoms with van der Waals surface area (Å²) < 4.78 is 20.2. The number of rotatable bonds is 16. The topological polar surface area (TPSA) is 27.7 Å². The normalized spacial score (nSPS) is 31.3. The fourth-order valence-electron chi connectivity index (χ4n) is 7.98. The Bertz CT molecular complexity index is 667. The summed E-state index contributed by atoms with van der Waals surface area (Å²) in [6.07, 6.45) is 11.0. The van der Waals surface area contributed by atoms with Gasteiger partial charge < -0.3 is 14.2 Å². The largest absolute Gasteiger partial charge is 0.378 e. The summed E-state index contributed by atoms with van der Waals surface area (Å²) in [4.78, 5) is 0. The van der Waals surface area contributed by atoms with Crippen molar-refractivity contribution in [3.63, 3.8) is 0 Å². The number of hydrogen-bond acceptors (Lipinski definition) is 3. The quantitative estimate of drug-likeness (QED) is 0.182. The summed E-state index contributed by atoms with van der Waals surface area (Å²) in [6, 6.07) is 0. The highest BCUT2D eigenvalue weighted by Crippen LogP contribution is 2.39. The van der Waals surface area contributed by atoms with Crippen LogP contribution < -0.4 is 0 Å². The van der Waals surface area contributed by atoms with Crippen LogP contribution in [0.3, 0.4) is 0 Å². The highest BCUT2D eigenvalue weighted by Gasteiger charge is 2.39. The number of ether oxygens (including phenoxy) is 3. The van der Waals surface area contributed by atoms with Gasteiger partial charge in [-0.15, -0.1) is 0 Å². The molecule has 2 aliphatic carbocycles. The van der Waals surface area contributed by atoms with Gasteiger partial charge in [0.1, 0.15) is 0 Å². The van der Waals surface area contributed by atoms with Crippen molar-refractivity contribution in [2.45, 2.75) is 172 Å². The molecule has 0 N–H and O–H groups in total. The predicted molar refractivity (Wildman–Crippen MR) is 177 cm³/mol. The molecule has 2 fully saturated rings. The molecule has 0 heterocycles. The molecule has 3 heteroatoms. The predicted octanol–water partition coefficient (Wildman–Crippen LogP) is 10.8. The molecule has 10 unspecified atom stereocenters. The Kier molecular flexibility index (Phi) is 14.7. The van der Waals surface area contributed by atoms with Gasteiger partial charge in [-0.05, 0) is 125 Å². The van der Waals surface area contributed by atoms with E-state index in [2.05, 4.69) is 96.9 Å². The Balaban J connectivity index is 1.84. The third-order valence-electron chi connectivity index (χ3n) is 11.5. The first-order valence-electron chi connectivity index (χ1n) is 17.9. The second-order valence-corrected chi connectivity index (χ2v) is 17.2. The van der Waals surface area contributed by atoms with Crippen molar-refractivity contribution in [2.24, 2.45) is 59.2 Å². The summed E-state index contributed by atoms with van der Waals surface area (Å²) in [6.45, 7) is 34.7. The molecular weight excluding hydrogens is 504 g/mol. The molecule has 10 atom stereocenters. The van der Waals surface area contributed by atoms with Gasteiger partial charge >= 0.3 is 0 Å². The Labute approximate surface area is 258 Å². The van der Waals surface area contributed by atoms with Gasteiger partial charge in [0.25, 0.3) is 0 Å². The van der Waals surface area contributed by atoms with Crippen molar-refractivity contribution in [3.05, 3.63) is 0 Å². The van der Waals surface area contributed by atoms with Crippen LogP contribution in [0.2, 0.25) is 0 Å². The van der Waals surface area contributed by atoms with Gasteiger partial charge in [0.2, 0.25) is 0 Å². The molecule has 0 bridgehead atoms. The molecule has 0 amide bonds. The maximum Gasteiger partial charge on any atom is 0.0659 e. The molecule has 2 rings (SSSR count). The van der Waals surface area contributed by atoms with E-state index >= 15 is 0 Å². The van der Waals surface area contributed by atoms with Crippen LogP contribution in [0.15, 0.2) is 0 Å². The third kappa shape index (κ3) is 11.7. The van der Waals surface area contributed by atoms with Gasteiger partial charge in [-0.1, -0.05) is 82.1 Å². The van der Waals surface area contributed by atoms with Gasteiger partial charge in [0.05, 0.1) is 23.4 Å². The van der Waals surface area contributed by atoms with Crippen molar-refractivity contribution in [2.75, 3.05) is 13.2 Å². The monoisotopic (exact) mass is 579 g/mol. The molecule has 0 radical (unpaired) electrons. The lowest BCUT2D eigenvalue weighted by Crippen LogP contribution is -2.46. The van der Waals surface area contributed by atoms with Crippen LogP contribution in [0.5, 0.6) is 0 Å². The summed E-state index contributed by atoms with van der Waals surface area (Å²) in [7, 11) is 0. The standard InChI is InChI=1S/C38H74O3/c1-25(2)33-17-15-27(5)21-35(33)39-23-29(7)19-31(9)37(11,12)41-38(13,14)32(10)20-30(8)24-40-36-22-28(6)16-18-34(36)26(3)4/h25-36H,15-24H2,1-14H3. The summed E-state index contributed by atoms with van der Waals surface area (Å²) >= 11 is 0. The minimum Gasteiger partial charge on any atom is -0.378 e. The number of hydrogen-bond donors (Lipinski definition) is 0. The molecule has 0 aromatic carbocycles. The Hall–Kier alpha value is -0.120. The fourth-order valence-corrected chi connectivity index (χ4v) is 7.98. The molecule has 0 aromatic heterocycles. The first kappa shape index (κ1) is 37.1. The van der Waals surface area contributed by atoms with Gasteiger partial charge in [-0.3, -0.25) is 0 Å². The molecule has 3 nitrogen and oxygen atoms in total. The van der Waals surface area contributed by atoms with E-state index < -0.39 is 0 Å². The highest BCUT2D eigenvalue weighted by molar-refractivity contribution is 4.87. The SMILES string of the molecule is CC1CCC(C(C)C)C(OCC(C)CC(C)C(C)(C)OC(C)(C)C(C)CC(C)COC2CC(C)CCC2C(C)C)C1. The van der Waals surface area contributed by atoms with Crippen molar-refractivity contribution in [3.8, 4) is 0 Å². The van der Waals surface area contributed by atoms with E-state index in [4.69, 9.17) is 14.2 Å². The van der Waals surface area contributed by atoms with Gasteiger partial charge in [0, 0.05) is 13.2 Å². The molecule has 244 valence electrons. The van der Waals surface area contributed by atoms with E-state index in [1.165, 1.54) is 38.5 Å². The van der Waals surface area contributed by atoms with Crippen LogP contribution in [-0.2, 0) is 14.2 Å². The maximum absolute atomic E-state index is 6.98. The first-order valence-corrected chi connectivity index (χ1v) is 17.9. The smallest absolute Gasteiger partial charge is 0.0659 e. The molecule has 0 aromatic rings. The Morgan fingerprint density at radius 2 is 0.902 bits per heavy atom. The Morgan fingerprint density at radius 1 is 0.561 bits per heavy atom. The van der Waals surface area contributed by atoms with E-state index in [1.54, 1.807) is 0 Å². The Morgan fingerprint density at radius 3 is 1.22 bits per heavy atom. The summed E-state index contributed by atoms with van der Waals surface area (Å²) in [5.74, 6) is 6.43. The van der Waals surface area contributed by atoms with Crippen LogP contribution in [0.4, 0.5) is 0 Å². The van der Waals surface area contributed by atoms with Gasteiger partial charge in [-0.2, -0.15) is 0 Å². The zero-order valence-corrected chi connectivity index (χ0v) is 30.2. The van der Waals surface area contributed by atoms with Crippen LogP contribution in [0.25, 0.3) is 0 Å². The molecule has 41 heavy (non-hydrogen) atoms. The lowest BCUT2D eigenvalue weighted by Gasteiger charge is -2.44. The van der Waals surface area contributed by atoms with E-state index in [0.29, 0.717) is 59.6 Å². The van der Waals surface area contributed by atoms with Crippen LogP contribution in [0.1, 0.15) is 148 Å². The zero-order valence-electron chi connectivity index (χ0n) is 30.2. The molecule has 0 aliphatic heterocycles. The average Bonchev–Trinajstić information content (AvgIpc) is 2.85. The van der Waals surface area contributed by atoms with Crippen molar-refractivity contribution in [1.29, 1.82) is 0 Å². The van der Waals surface area contributed by atoms with Crippen LogP contribution in [-0.4, -0.2) is 36.6 Å². The lowest BCUT2D eigenvalue weighted by atomic mass is 9.75. The molecular formula is C38H74O3. The van der Waals surface area contributed by atoms with Gasteiger partial charge in [0.15, 0.2) is 0 Å².